The summed E-state index contributed by atoms with van der Waals surface area (Å²) in [5, 5.41) is 7.19. The van der Waals surface area contributed by atoms with Crippen molar-refractivity contribution in [1.82, 2.24) is 29.6 Å². The van der Waals surface area contributed by atoms with E-state index in [1.807, 2.05) is 30.3 Å². The smallest absolute Gasteiger partial charge is 0.240 e. The Balaban J connectivity index is 1.65. The van der Waals surface area contributed by atoms with Crippen LogP contribution in [-0.4, -0.2) is 30.2 Å². The van der Waals surface area contributed by atoms with E-state index in [9.17, 15) is 4.79 Å². The summed E-state index contributed by atoms with van der Waals surface area (Å²) in [6.07, 6.45) is 8.99. The van der Waals surface area contributed by atoms with Crippen LogP contribution in [0.1, 0.15) is 18.0 Å². The van der Waals surface area contributed by atoms with Crippen molar-refractivity contribution in [2.45, 2.75) is 25.6 Å². The van der Waals surface area contributed by atoms with Gasteiger partial charge in [-0.15, -0.1) is 0 Å². The first kappa shape index (κ1) is 15.0. The number of nitrogens with one attached hydrogen (secondary N) is 1. The summed E-state index contributed by atoms with van der Waals surface area (Å²) in [7, 11) is 0. The number of aromatic nitrogens is 5. The highest BCUT2D eigenvalue weighted by molar-refractivity contribution is 5.76. The predicted molar refractivity (Wildman–Crippen MR) is 84.2 cm³/mol. The van der Waals surface area contributed by atoms with Gasteiger partial charge in [0.1, 0.15) is 19.2 Å². The fraction of sp³-hybridized carbons (Fsp3) is 0.250. The number of imidazole rings is 1. The third-order valence-electron chi connectivity index (χ3n) is 3.54. The minimum Gasteiger partial charge on any atom is -0.348 e. The molecule has 1 N–H and O–H groups in total. The summed E-state index contributed by atoms with van der Waals surface area (Å²) in [5.74, 6) is -0.0459. The van der Waals surface area contributed by atoms with Gasteiger partial charge in [-0.3, -0.25) is 9.48 Å². The molecule has 0 aliphatic rings. The fourth-order valence-corrected chi connectivity index (χ4v) is 2.40. The molecule has 7 heteroatoms. The lowest BCUT2D eigenvalue weighted by Gasteiger charge is -2.19. The molecule has 0 radical (unpaired) electrons. The fourth-order valence-electron chi connectivity index (χ4n) is 2.40. The van der Waals surface area contributed by atoms with Crippen LogP contribution >= 0.6 is 0 Å². The van der Waals surface area contributed by atoms with Gasteiger partial charge in [-0.2, -0.15) is 5.10 Å². The van der Waals surface area contributed by atoms with Gasteiger partial charge in [-0.05, 0) is 12.0 Å². The maximum absolute atomic E-state index is 12.3. The maximum atomic E-state index is 12.3. The van der Waals surface area contributed by atoms with Crippen molar-refractivity contribution < 1.29 is 4.79 Å². The van der Waals surface area contributed by atoms with Crippen LogP contribution in [-0.2, 0) is 17.9 Å². The number of benzene rings is 1. The first-order chi connectivity index (χ1) is 11.3. The second kappa shape index (κ2) is 7.35. The minimum atomic E-state index is -0.0728. The molecule has 1 amide bonds. The third kappa shape index (κ3) is 4.26. The normalized spacial score (nSPS) is 12.0. The van der Waals surface area contributed by atoms with E-state index in [0.717, 1.165) is 12.0 Å². The van der Waals surface area contributed by atoms with Gasteiger partial charge in [-0.25, -0.2) is 9.97 Å². The minimum absolute atomic E-state index is 0.0459. The molecule has 2 heterocycles. The van der Waals surface area contributed by atoms with Crippen molar-refractivity contribution in [1.29, 1.82) is 0 Å². The second-order valence-corrected chi connectivity index (χ2v) is 5.21. The molecule has 23 heavy (non-hydrogen) atoms. The molecule has 1 unspecified atom stereocenters. The summed E-state index contributed by atoms with van der Waals surface area (Å²) in [5.41, 5.74) is 1.08. The van der Waals surface area contributed by atoms with Crippen LogP contribution in [0, 0.1) is 0 Å². The van der Waals surface area contributed by atoms with E-state index in [-0.39, 0.29) is 18.5 Å². The lowest BCUT2D eigenvalue weighted by Crippen LogP contribution is -2.32. The van der Waals surface area contributed by atoms with Crippen LogP contribution < -0.4 is 5.32 Å². The highest BCUT2D eigenvalue weighted by Gasteiger charge is 2.15. The molecule has 2 aromatic heterocycles. The number of carbonyl (C=O) groups is 1. The van der Waals surface area contributed by atoms with E-state index in [0.29, 0.717) is 6.54 Å². The van der Waals surface area contributed by atoms with Gasteiger partial charge in [0.2, 0.25) is 5.91 Å². The number of rotatable bonds is 7. The summed E-state index contributed by atoms with van der Waals surface area (Å²) < 4.78 is 3.51. The van der Waals surface area contributed by atoms with Crippen LogP contribution in [0.15, 0.2) is 61.7 Å². The van der Waals surface area contributed by atoms with Gasteiger partial charge in [0.25, 0.3) is 0 Å². The van der Waals surface area contributed by atoms with Crippen molar-refractivity contribution in [2.75, 3.05) is 0 Å². The molecule has 118 valence electrons. The Bertz CT molecular complexity index is 708. The van der Waals surface area contributed by atoms with Gasteiger partial charge in [-0.1, -0.05) is 30.3 Å². The third-order valence-corrected chi connectivity index (χ3v) is 3.54. The maximum Gasteiger partial charge on any atom is 0.240 e. The number of hydrogen-bond acceptors (Lipinski definition) is 4. The quantitative estimate of drug-likeness (QED) is 0.716. The van der Waals surface area contributed by atoms with Crippen molar-refractivity contribution in [3.63, 3.8) is 0 Å². The largest absolute Gasteiger partial charge is 0.348 e. The standard InChI is InChI=1S/C16H18N6O/c23-16(10-21-9-7-17-12-21)20-15(14-4-2-1-3-5-14)6-8-22-13-18-11-19-22/h1-5,7,9,11-13,15H,6,8,10H2,(H,20,23). The average molecular weight is 310 g/mol. The Labute approximate surface area is 134 Å². The molecule has 0 aliphatic heterocycles. The van der Waals surface area contributed by atoms with Crippen LogP contribution in [0.25, 0.3) is 0 Å². The highest BCUT2D eigenvalue weighted by atomic mass is 16.2. The Morgan fingerprint density at radius 1 is 1.17 bits per heavy atom. The highest BCUT2D eigenvalue weighted by Crippen LogP contribution is 2.17. The number of hydrogen-bond donors (Lipinski definition) is 1. The van der Waals surface area contributed by atoms with Crippen molar-refractivity contribution in [2.24, 2.45) is 0 Å². The molecule has 0 aliphatic carbocycles. The van der Waals surface area contributed by atoms with E-state index < -0.39 is 0 Å². The van der Waals surface area contributed by atoms with Crippen molar-refractivity contribution in [3.8, 4) is 0 Å². The van der Waals surface area contributed by atoms with E-state index in [1.54, 1.807) is 34.3 Å². The molecule has 3 aromatic rings. The van der Waals surface area contributed by atoms with Crippen LogP contribution in [0.2, 0.25) is 0 Å². The summed E-state index contributed by atoms with van der Waals surface area (Å²) >= 11 is 0. The van der Waals surface area contributed by atoms with E-state index in [4.69, 9.17) is 0 Å². The lowest BCUT2D eigenvalue weighted by molar-refractivity contribution is -0.122. The van der Waals surface area contributed by atoms with Gasteiger partial charge in [0, 0.05) is 18.9 Å². The van der Waals surface area contributed by atoms with E-state index >= 15 is 0 Å². The molecule has 0 spiro atoms. The molecule has 0 bridgehead atoms. The average Bonchev–Trinajstić information content (AvgIpc) is 3.26. The van der Waals surface area contributed by atoms with Gasteiger partial charge < -0.3 is 9.88 Å². The Kier molecular flexibility index (Phi) is 4.78. The van der Waals surface area contributed by atoms with Crippen LogP contribution in [0.3, 0.4) is 0 Å². The zero-order chi connectivity index (χ0) is 15.9. The number of carbonyl (C=O) groups excluding carboxylic acids is 1. The molecule has 0 saturated carbocycles. The van der Waals surface area contributed by atoms with Gasteiger partial charge in [0.05, 0.1) is 12.4 Å². The number of aryl methyl sites for hydroxylation is 1. The molecule has 1 atom stereocenters. The van der Waals surface area contributed by atoms with Crippen molar-refractivity contribution in [3.05, 3.63) is 67.3 Å². The molecule has 3 rings (SSSR count). The monoisotopic (exact) mass is 310 g/mol. The molecule has 7 nitrogen and oxygen atoms in total. The van der Waals surface area contributed by atoms with Crippen LogP contribution in [0.5, 0.6) is 0 Å². The molecular weight excluding hydrogens is 292 g/mol. The van der Waals surface area contributed by atoms with E-state index in [2.05, 4.69) is 20.4 Å². The summed E-state index contributed by atoms with van der Waals surface area (Å²) in [6.45, 7) is 0.942. The Hall–Kier alpha value is -2.96. The Morgan fingerprint density at radius 2 is 2.04 bits per heavy atom. The second-order valence-electron chi connectivity index (χ2n) is 5.21. The molecule has 0 fully saturated rings. The molecule has 0 saturated heterocycles. The number of nitrogens with zero attached hydrogens (tertiary/aromatic N) is 5. The summed E-state index contributed by atoms with van der Waals surface area (Å²) in [6, 6.07) is 9.87. The SMILES string of the molecule is O=C(Cn1ccnc1)NC(CCn1cncn1)c1ccccc1. The van der Waals surface area contributed by atoms with Crippen LogP contribution in [0.4, 0.5) is 0 Å². The zero-order valence-electron chi connectivity index (χ0n) is 12.6. The topological polar surface area (TPSA) is 77.6 Å². The van der Waals surface area contributed by atoms with E-state index in [1.165, 1.54) is 6.33 Å². The first-order valence-electron chi connectivity index (χ1n) is 7.44. The zero-order valence-corrected chi connectivity index (χ0v) is 12.6. The first-order valence-corrected chi connectivity index (χ1v) is 7.44. The molecule has 1 aromatic carbocycles. The van der Waals surface area contributed by atoms with Crippen molar-refractivity contribution >= 4 is 5.91 Å². The number of amides is 1. The summed E-state index contributed by atoms with van der Waals surface area (Å²) in [4.78, 5) is 20.1. The Morgan fingerprint density at radius 3 is 2.74 bits per heavy atom. The van der Waals surface area contributed by atoms with Gasteiger partial charge in [0.15, 0.2) is 0 Å². The lowest BCUT2D eigenvalue weighted by atomic mass is 10.0. The molecular formula is C16H18N6O. The predicted octanol–water partition coefficient (Wildman–Crippen LogP) is 1.42. The van der Waals surface area contributed by atoms with Gasteiger partial charge >= 0.3 is 0 Å².